The summed E-state index contributed by atoms with van der Waals surface area (Å²) in [5.74, 6) is -0.613. The molecule has 1 atom stereocenters. The molecule has 1 N–H and O–H groups in total. The first kappa shape index (κ1) is 24.7. The average molecular weight is 452 g/mol. The van der Waals surface area contributed by atoms with Crippen LogP contribution in [0.15, 0.2) is 42.5 Å². The molecule has 0 saturated heterocycles. The average Bonchev–Trinajstić information content (AvgIpc) is 3.19. The van der Waals surface area contributed by atoms with Gasteiger partial charge in [0.25, 0.3) is 0 Å². The van der Waals surface area contributed by atoms with Crippen LogP contribution >= 0.6 is 0 Å². The third kappa shape index (κ3) is 6.80. The van der Waals surface area contributed by atoms with Crippen molar-refractivity contribution in [2.24, 2.45) is 0 Å². The van der Waals surface area contributed by atoms with Crippen LogP contribution < -0.4 is 0 Å². The van der Waals surface area contributed by atoms with Crippen LogP contribution in [0.25, 0.3) is 11.0 Å². The maximum atomic E-state index is 13.2. The minimum absolute atomic E-state index is 0.230. The van der Waals surface area contributed by atoms with Crippen LogP contribution in [0.2, 0.25) is 0 Å². The molecule has 178 valence electrons. The Labute approximate surface area is 197 Å². The molecule has 33 heavy (non-hydrogen) atoms. The SMILES string of the molecule is CCCCCCCCOC(=O)C(Cn1nc2ccccc2n1)c1ccc(O)c(C(C)(C)C)c1. The number of carbonyl (C=O) groups excluding carboxylic acids is 1. The maximum absolute atomic E-state index is 13.2. The summed E-state index contributed by atoms with van der Waals surface area (Å²) in [5.41, 5.74) is 2.92. The third-order valence-corrected chi connectivity index (χ3v) is 5.93. The Morgan fingerprint density at radius 3 is 2.27 bits per heavy atom. The van der Waals surface area contributed by atoms with Crippen molar-refractivity contribution in [3.63, 3.8) is 0 Å². The van der Waals surface area contributed by atoms with Gasteiger partial charge < -0.3 is 9.84 Å². The first-order chi connectivity index (χ1) is 15.8. The lowest BCUT2D eigenvalue weighted by Gasteiger charge is -2.23. The molecule has 0 spiro atoms. The van der Waals surface area contributed by atoms with E-state index in [1.54, 1.807) is 16.9 Å². The van der Waals surface area contributed by atoms with Gasteiger partial charge in [-0.2, -0.15) is 15.0 Å². The van der Waals surface area contributed by atoms with Crippen LogP contribution in [0.4, 0.5) is 0 Å². The van der Waals surface area contributed by atoms with Crippen molar-refractivity contribution in [1.29, 1.82) is 0 Å². The zero-order valence-corrected chi connectivity index (χ0v) is 20.4. The standard InChI is InChI=1S/C27H37N3O3/c1-5-6-7-8-9-12-17-33-26(32)21(19-30-28-23-13-10-11-14-24(23)29-30)20-15-16-25(31)22(18-20)27(2,3)4/h10-11,13-16,18,21,31H,5-9,12,17,19H2,1-4H3. The first-order valence-electron chi connectivity index (χ1n) is 12.1. The van der Waals surface area contributed by atoms with Gasteiger partial charge in [-0.1, -0.05) is 84.1 Å². The summed E-state index contributed by atoms with van der Waals surface area (Å²) in [5, 5.41) is 19.5. The van der Waals surface area contributed by atoms with Crippen molar-refractivity contribution in [1.82, 2.24) is 15.0 Å². The van der Waals surface area contributed by atoms with Crippen molar-refractivity contribution < 1.29 is 14.6 Å². The Kier molecular flexibility index (Phi) is 8.48. The van der Waals surface area contributed by atoms with E-state index in [2.05, 4.69) is 17.1 Å². The summed E-state index contributed by atoms with van der Waals surface area (Å²) in [6.07, 6.45) is 6.81. The molecule has 3 aromatic rings. The molecule has 6 heteroatoms. The summed E-state index contributed by atoms with van der Waals surface area (Å²) in [7, 11) is 0. The van der Waals surface area contributed by atoms with E-state index >= 15 is 0 Å². The number of rotatable bonds is 11. The van der Waals surface area contributed by atoms with Crippen LogP contribution in [0.1, 0.15) is 83.3 Å². The van der Waals surface area contributed by atoms with Gasteiger partial charge in [0.15, 0.2) is 0 Å². The van der Waals surface area contributed by atoms with Crippen molar-refractivity contribution in [2.75, 3.05) is 6.61 Å². The molecule has 1 unspecified atom stereocenters. The highest BCUT2D eigenvalue weighted by molar-refractivity contribution is 5.78. The zero-order valence-electron chi connectivity index (χ0n) is 20.4. The topological polar surface area (TPSA) is 77.2 Å². The molecule has 1 aromatic heterocycles. The fraction of sp³-hybridized carbons (Fsp3) is 0.519. The number of phenolic OH excluding ortho intramolecular Hbond substituents is 1. The Morgan fingerprint density at radius 1 is 1.00 bits per heavy atom. The van der Waals surface area contributed by atoms with Crippen molar-refractivity contribution >= 4 is 17.0 Å². The predicted molar refractivity (Wildman–Crippen MR) is 131 cm³/mol. The minimum atomic E-state index is -0.561. The first-order valence-corrected chi connectivity index (χ1v) is 12.1. The van der Waals surface area contributed by atoms with E-state index in [1.165, 1.54) is 25.7 Å². The Hall–Kier alpha value is -2.89. The maximum Gasteiger partial charge on any atom is 0.315 e. The number of ether oxygens (including phenoxy) is 1. The molecule has 2 aromatic carbocycles. The lowest BCUT2D eigenvalue weighted by Crippen LogP contribution is -2.23. The van der Waals surface area contributed by atoms with Crippen LogP contribution in [0.5, 0.6) is 5.75 Å². The molecule has 0 aliphatic carbocycles. The van der Waals surface area contributed by atoms with Crippen LogP contribution in [-0.4, -0.2) is 32.7 Å². The molecule has 0 aliphatic rings. The highest BCUT2D eigenvalue weighted by Gasteiger charge is 2.27. The third-order valence-electron chi connectivity index (χ3n) is 5.93. The van der Waals surface area contributed by atoms with E-state index in [9.17, 15) is 9.90 Å². The number of aromatic nitrogens is 3. The van der Waals surface area contributed by atoms with E-state index in [-0.39, 0.29) is 23.7 Å². The molecule has 1 heterocycles. The number of phenols is 1. The Balaban J connectivity index is 1.78. The minimum Gasteiger partial charge on any atom is -0.508 e. The largest absolute Gasteiger partial charge is 0.508 e. The summed E-state index contributed by atoms with van der Waals surface area (Å²) in [6.45, 7) is 9.02. The fourth-order valence-electron chi connectivity index (χ4n) is 3.99. The van der Waals surface area contributed by atoms with Gasteiger partial charge in [-0.05, 0) is 41.2 Å². The molecule has 3 rings (SSSR count). The van der Waals surface area contributed by atoms with Crippen LogP contribution in [-0.2, 0) is 21.5 Å². The number of benzene rings is 2. The molecule has 0 saturated carbocycles. The molecular formula is C27H37N3O3. The zero-order chi connectivity index (χ0) is 23.8. The summed E-state index contributed by atoms with van der Waals surface area (Å²) >= 11 is 0. The molecule has 0 aliphatic heterocycles. The van der Waals surface area contributed by atoms with Crippen LogP contribution in [0, 0.1) is 0 Å². The molecule has 0 bridgehead atoms. The second-order valence-electron chi connectivity index (χ2n) is 9.76. The molecular weight excluding hydrogens is 414 g/mol. The number of aromatic hydroxyl groups is 1. The number of hydrogen-bond acceptors (Lipinski definition) is 5. The predicted octanol–water partition coefficient (Wildman–Crippen LogP) is 6.12. The lowest BCUT2D eigenvalue weighted by atomic mass is 9.83. The van der Waals surface area contributed by atoms with Gasteiger partial charge in [-0.15, -0.1) is 0 Å². The van der Waals surface area contributed by atoms with Gasteiger partial charge >= 0.3 is 5.97 Å². The molecule has 0 radical (unpaired) electrons. The molecule has 0 fully saturated rings. The normalized spacial score (nSPS) is 12.7. The van der Waals surface area contributed by atoms with E-state index in [4.69, 9.17) is 4.74 Å². The van der Waals surface area contributed by atoms with Gasteiger partial charge in [0.2, 0.25) is 0 Å². The van der Waals surface area contributed by atoms with Crippen molar-refractivity contribution in [3.8, 4) is 5.75 Å². The summed E-state index contributed by atoms with van der Waals surface area (Å²) < 4.78 is 5.70. The van der Waals surface area contributed by atoms with E-state index in [0.29, 0.717) is 6.61 Å². The van der Waals surface area contributed by atoms with Gasteiger partial charge in [-0.25, -0.2) is 0 Å². The van der Waals surface area contributed by atoms with Crippen LogP contribution in [0.3, 0.4) is 0 Å². The second kappa shape index (κ2) is 11.3. The number of hydrogen-bond donors (Lipinski definition) is 1. The van der Waals surface area contributed by atoms with Crippen molar-refractivity contribution in [2.45, 2.75) is 84.1 Å². The summed E-state index contributed by atoms with van der Waals surface area (Å²) in [4.78, 5) is 14.8. The van der Waals surface area contributed by atoms with Gasteiger partial charge in [0.05, 0.1) is 13.2 Å². The van der Waals surface area contributed by atoms with Gasteiger partial charge in [0.1, 0.15) is 22.7 Å². The van der Waals surface area contributed by atoms with E-state index in [0.717, 1.165) is 35.0 Å². The van der Waals surface area contributed by atoms with E-state index < -0.39 is 5.92 Å². The number of carbonyl (C=O) groups is 1. The second-order valence-corrected chi connectivity index (χ2v) is 9.76. The Bertz CT molecular complexity index is 1020. The van der Waals surface area contributed by atoms with Gasteiger partial charge in [-0.3, -0.25) is 4.79 Å². The Morgan fingerprint density at radius 2 is 1.64 bits per heavy atom. The lowest BCUT2D eigenvalue weighted by molar-refractivity contribution is -0.146. The van der Waals surface area contributed by atoms with Gasteiger partial charge in [0, 0.05) is 0 Å². The van der Waals surface area contributed by atoms with Crippen molar-refractivity contribution in [3.05, 3.63) is 53.6 Å². The monoisotopic (exact) mass is 451 g/mol. The molecule has 0 amide bonds. The number of nitrogens with zero attached hydrogens (tertiary/aromatic N) is 3. The fourth-order valence-corrected chi connectivity index (χ4v) is 3.99. The van der Waals surface area contributed by atoms with E-state index in [1.807, 2.05) is 51.1 Å². The number of unbranched alkanes of at least 4 members (excludes halogenated alkanes) is 5. The highest BCUT2D eigenvalue weighted by Crippen LogP contribution is 2.34. The smallest absolute Gasteiger partial charge is 0.315 e. The number of esters is 1. The molecule has 6 nitrogen and oxygen atoms in total. The number of fused-ring (bicyclic) bond motifs is 1. The quantitative estimate of drug-likeness (QED) is 0.281. The highest BCUT2D eigenvalue weighted by atomic mass is 16.5. The summed E-state index contributed by atoms with van der Waals surface area (Å²) in [6, 6.07) is 13.0.